The second kappa shape index (κ2) is 7.27. The van der Waals surface area contributed by atoms with Crippen LogP contribution in [0.4, 0.5) is 4.39 Å². The van der Waals surface area contributed by atoms with E-state index in [1.165, 1.54) is 11.6 Å². The standard InChI is InChI=1S/C16H17ClFNO/c1-20-13-5-2-4-12(10-13)8-9-19-11-14-15(17)6-3-7-16(14)18/h2-7,10,19H,8-9,11H2,1H3. The first kappa shape index (κ1) is 14.8. The highest BCUT2D eigenvalue weighted by Crippen LogP contribution is 2.18. The van der Waals surface area contributed by atoms with E-state index in [1.807, 2.05) is 24.3 Å². The van der Waals surface area contributed by atoms with Crippen LogP contribution in [0.15, 0.2) is 42.5 Å². The smallest absolute Gasteiger partial charge is 0.129 e. The molecule has 0 saturated heterocycles. The fourth-order valence-corrected chi connectivity index (χ4v) is 2.21. The van der Waals surface area contributed by atoms with Crippen molar-refractivity contribution in [2.24, 2.45) is 0 Å². The SMILES string of the molecule is COc1cccc(CCNCc2c(F)cccc2Cl)c1. The van der Waals surface area contributed by atoms with Gasteiger partial charge in [-0.3, -0.25) is 0 Å². The maximum absolute atomic E-state index is 13.6. The Balaban J connectivity index is 1.84. The van der Waals surface area contributed by atoms with Gasteiger partial charge in [0.25, 0.3) is 0 Å². The van der Waals surface area contributed by atoms with Gasteiger partial charge in [0.1, 0.15) is 11.6 Å². The van der Waals surface area contributed by atoms with Crippen LogP contribution < -0.4 is 10.1 Å². The van der Waals surface area contributed by atoms with Crippen LogP contribution in [0, 0.1) is 5.82 Å². The highest BCUT2D eigenvalue weighted by atomic mass is 35.5. The largest absolute Gasteiger partial charge is 0.497 e. The van der Waals surface area contributed by atoms with E-state index in [2.05, 4.69) is 5.32 Å². The van der Waals surface area contributed by atoms with Gasteiger partial charge in [0, 0.05) is 17.1 Å². The number of halogens is 2. The van der Waals surface area contributed by atoms with E-state index in [9.17, 15) is 4.39 Å². The highest BCUT2D eigenvalue weighted by molar-refractivity contribution is 6.31. The van der Waals surface area contributed by atoms with Crippen molar-refractivity contribution < 1.29 is 9.13 Å². The first-order valence-electron chi connectivity index (χ1n) is 6.47. The molecular formula is C16H17ClFNO. The molecule has 2 nitrogen and oxygen atoms in total. The van der Waals surface area contributed by atoms with Gasteiger partial charge in [0.2, 0.25) is 0 Å². The van der Waals surface area contributed by atoms with Gasteiger partial charge in [-0.1, -0.05) is 29.8 Å². The van der Waals surface area contributed by atoms with E-state index < -0.39 is 0 Å². The zero-order chi connectivity index (χ0) is 14.4. The van der Waals surface area contributed by atoms with Crippen molar-refractivity contribution in [3.8, 4) is 5.75 Å². The van der Waals surface area contributed by atoms with Crippen molar-refractivity contribution in [1.29, 1.82) is 0 Å². The summed E-state index contributed by atoms with van der Waals surface area (Å²) in [5.74, 6) is 0.575. The molecule has 0 bridgehead atoms. The van der Waals surface area contributed by atoms with Crippen LogP contribution in [0.3, 0.4) is 0 Å². The molecule has 0 amide bonds. The van der Waals surface area contributed by atoms with Gasteiger partial charge < -0.3 is 10.1 Å². The van der Waals surface area contributed by atoms with Gasteiger partial charge in [0.05, 0.1) is 7.11 Å². The molecule has 0 aliphatic rings. The Kier molecular flexibility index (Phi) is 5.39. The van der Waals surface area contributed by atoms with E-state index in [4.69, 9.17) is 16.3 Å². The van der Waals surface area contributed by atoms with Crippen molar-refractivity contribution >= 4 is 11.6 Å². The van der Waals surface area contributed by atoms with Gasteiger partial charge in [-0.15, -0.1) is 0 Å². The van der Waals surface area contributed by atoms with Crippen LogP contribution in [-0.2, 0) is 13.0 Å². The lowest BCUT2D eigenvalue weighted by molar-refractivity contribution is 0.414. The molecule has 0 heterocycles. The van der Waals surface area contributed by atoms with E-state index in [1.54, 1.807) is 19.2 Å². The van der Waals surface area contributed by atoms with E-state index in [0.717, 1.165) is 18.7 Å². The molecule has 2 rings (SSSR count). The lowest BCUT2D eigenvalue weighted by Gasteiger charge is -2.08. The van der Waals surface area contributed by atoms with Gasteiger partial charge >= 0.3 is 0 Å². The molecule has 20 heavy (non-hydrogen) atoms. The Morgan fingerprint density at radius 1 is 1.20 bits per heavy atom. The summed E-state index contributed by atoms with van der Waals surface area (Å²) in [6.45, 7) is 1.17. The summed E-state index contributed by atoms with van der Waals surface area (Å²) >= 11 is 5.97. The van der Waals surface area contributed by atoms with Crippen LogP contribution in [0.5, 0.6) is 5.75 Å². The molecular weight excluding hydrogens is 277 g/mol. The summed E-state index contributed by atoms with van der Waals surface area (Å²) in [5.41, 5.74) is 1.69. The summed E-state index contributed by atoms with van der Waals surface area (Å²) < 4.78 is 18.7. The molecule has 0 unspecified atom stereocenters. The summed E-state index contributed by atoms with van der Waals surface area (Å²) in [5, 5.41) is 3.66. The lowest BCUT2D eigenvalue weighted by Crippen LogP contribution is -2.17. The van der Waals surface area contributed by atoms with Crippen LogP contribution >= 0.6 is 11.6 Å². The average Bonchev–Trinajstić information content (AvgIpc) is 2.46. The molecule has 2 aromatic rings. The van der Waals surface area contributed by atoms with Crippen molar-refractivity contribution in [3.63, 3.8) is 0 Å². The number of ether oxygens (including phenoxy) is 1. The number of rotatable bonds is 6. The van der Waals surface area contributed by atoms with Crippen molar-refractivity contribution in [2.75, 3.05) is 13.7 Å². The van der Waals surface area contributed by atoms with E-state index >= 15 is 0 Å². The molecule has 0 aromatic heterocycles. The minimum atomic E-state index is -0.272. The van der Waals surface area contributed by atoms with Crippen molar-refractivity contribution in [1.82, 2.24) is 5.32 Å². The Morgan fingerprint density at radius 2 is 2.00 bits per heavy atom. The fourth-order valence-electron chi connectivity index (χ4n) is 1.98. The summed E-state index contributed by atoms with van der Waals surface area (Å²) in [6.07, 6.45) is 0.850. The Hall–Kier alpha value is -1.58. The minimum absolute atomic E-state index is 0.272. The number of nitrogens with one attached hydrogen (secondary N) is 1. The lowest BCUT2D eigenvalue weighted by atomic mass is 10.1. The topological polar surface area (TPSA) is 21.3 Å². The second-order valence-electron chi connectivity index (χ2n) is 4.48. The molecule has 1 N–H and O–H groups in total. The second-order valence-corrected chi connectivity index (χ2v) is 4.89. The van der Waals surface area contributed by atoms with Crippen molar-refractivity contribution in [2.45, 2.75) is 13.0 Å². The van der Waals surface area contributed by atoms with Crippen LogP contribution in [0.25, 0.3) is 0 Å². The molecule has 0 radical (unpaired) electrons. The van der Waals surface area contributed by atoms with Gasteiger partial charge in [-0.2, -0.15) is 0 Å². The Morgan fingerprint density at radius 3 is 2.75 bits per heavy atom. The van der Waals surface area contributed by atoms with Crippen LogP contribution in [0.1, 0.15) is 11.1 Å². The first-order chi connectivity index (χ1) is 9.70. The van der Waals surface area contributed by atoms with E-state index in [0.29, 0.717) is 17.1 Å². The third kappa shape index (κ3) is 3.95. The van der Waals surface area contributed by atoms with Gasteiger partial charge in [-0.05, 0) is 42.8 Å². The predicted octanol–water partition coefficient (Wildman–Crippen LogP) is 3.82. The molecule has 0 spiro atoms. The Bertz CT molecular complexity index is 554. The third-order valence-electron chi connectivity index (χ3n) is 3.09. The molecule has 2 aromatic carbocycles. The predicted molar refractivity (Wildman–Crippen MR) is 79.8 cm³/mol. The summed E-state index contributed by atoms with van der Waals surface area (Å²) in [7, 11) is 1.65. The number of hydrogen-bond acceptors (Lipinski definition) is 2. The number of methoxy groups -OCH3 is 1. The maximum Gasteiger partial charge on any atom is 0.129 e. The molecule has 0 aliphatic carbocycles. The highest BCUT2D eigenvalue weighted by Gasteiger charge is 2.05. The molecule has 0 atom stereocenters. The van der Waals surface area contributed by atoms with E-state index in [-0.39, 0.29) is 5.82 Å². The van der Waals surface area contributed by atoms with Crippen molar-refractivity contribution in [3.05, 3.63) is 64.4 Å². The monoisotopic (exact) mass is 293 g/mol. The molecule has 106 valence electrons. The molecule has 0 aliphatic heterocycles. The number of hydrogen-bond donors (Lipinski definition) is 1. The molecule has 0 fully saturated rings. The third-order valence-corrected chi connectivity index (χ3v) is 3.44. The zero-order valence-electron chi connectivity index (χ0n) is 11.3. The zero-order valence-corrected chi connectivity index (χ0v) is 12.1. The quantitative estimate of drug-likeness (QED) is 0.818. The normalized spacial score (nSPS) is 10.6. The average molecular weight is 294 g/mol. The molecule has 0 saturated carbocycles. The van der Waals surface area contributed by atoms with Gasteiger partial charge in [-0.25, -0.2) is 4.39 Å². The Labute approximate surface area is 123 Å². The van der Waals surface area contributed by atoms with Crippen LogP contribution in [-0.4, -0.2) is 13.7 Å². The minimum Gasteiger partial charge on any atom is -0.497 e. The summed E-state index contributed by atoms with van der Waals surface area (Å²) in [4.78, 5) is 0. The number of benzene rings is 2. The fraction of sp³-hybridized carbons (Fsp3) is 0.250. The molecule has 4 heteroatoms. The van der Waals surface area contributed by atoms with Gasteiger partial charge in [0.15, 0.2) is 0 Å². The maximum atomic E-state index is 13.6. The summed E-state index contributed by atoms with van der Waals surface area (Å²) in [6, 6.07) is 12.6. The van der Waals surface area contributed by atoms with Crippen LogP contribution in [0.2, 0.25) is 5.02 Å². The first-order valence-corrected chi connectivity index (χ1v) is 6.85.